The molecule has 1 heterocycles. The number of aromatic nitrogens is 1. The van der Waals surface area contributed by atoms with Crippen LogP contribution in [-0.4, -0.2) is 4.98 Å². The summed E-state index contributed by atoms with van der Waals surface area (Å²) in [5.74, 6) is 0. The second-order valence-corrected chi connectivity index (χ2v) is 5.77. The molecule has 2 rings (SSSR count). The van der Waals surface area contributed by atoms with E-state index in [0.29, 0.717) is 0 Å². The third-order valence-electron chi connectivity index (χ3n) is 2.61. The van der Waals surface area contributed by atoms with Crippen molar-refractivity contribution in [3.63, 3.8) is 0 Å². The fourth-order valence-corrected chi connectivity index (χ4v) is 2.25. The molecule has 3 heteroatoms. The summed E-state index contributed by atoms with van der Waals surface area (Å²) in [5.41, 5.74) is 2.34. The second kappa shape index (κ2) is 4.56. The van der Waals surface area contributed by atoms with Crippen LogP contribution in [0.25, 0.3) is 0 Å². The zero-order valence-corrected chi connectivity index (χ0v) is 11.2. The maximum Gasteiger partial charge on any atom is 0.0727 e. The van der Waals surface area contributed by atoms with Gasteiger partial charge < -0.3 is 0 Å². The van der Waals surface area contributed by atoms with Gasteiger partial charge in [-0.25, -0.2) is 0 Å². The molecule has 0 N–H and O–H groups in total. The van der Waals surface area contributed by atoms with Crippen molar-refractivity contribution >= 4 is 27.5 Å². The molecule has 2 aromatic rings. The van der Waals surface area contributed by atoms with E-state index in [1.54, 1.807) is 12.4 Å². The Hall–Kier alpha value is -0.860. The van der Waals surface area contributed by atoms with E-state index in [2.05, 4.69) is 27.8 Å². The molecule has 0 aliphatic heterocycles. The van der Waals surface area contributed by atoms with Gasteiger partial charge in [-0.15, -0.1) is 0 Å². The largest absolute Gasteiger partial charge is 0.265 e. The second-order valence-electron chi connectivity index (χ2n) is 3.75. The number of rotatable bonds is 2. The molecule has 1 aromatic carbocycles. The highest BCUT2D eigenvalue weighted by molar-refractivity contribution is 9.09. The summed E-state index contributed by atoms with van der Waals surface area (Å²) in [4.78, 5) is 4.02. The Balaban J connectivity index is 2.43. The third-order valence-corrected chi connectivity index (χ3v) is 3.78. The molecule has 1 nitrogen and oxygen atoms in total. The van der Waals surface area contributed by atoms with E-state index in [9.17, 15) is 0 Å². The predicted molar refractivity (Wildman–Crippen MR) is 71.1 cm³/mol. The molecule has 0 bridgehead atoms. The van der Waals surface area contributed by atoms with Crippen LogP contribution in [0.2, 0.25) is 5.02 Å². The van der Waals surface area contributed by atoms with Gasteiger partial charge in [0.15, 0.2) is 0 Å². The number of pyridine rings is 1. The summed E-state index contributed by atoms with van der Waals surface area (Å²) < 4.78 is -0.208. The van der Waals surface area contributed by atoms with Crippen LogP contribution in [0.1, 0.15) is 18.1 Å². The summed E-state index contributed by atoms with van der Waals surface area (Å²) in [5, 5.41) is 0.752. The first-order valence-electron chi connectivity index (χ1n) is 4.96. The molecular weight excluding hydrogens is 286 g/mol. The first kappa shape index (κ1) is 11.6. The summed E-state index contributed by atoms with van der Waals surface area (Å²) in [6.45, 7) is 2.12. The SMILES string of the molecule is CC(Br)(c1ccncc1)c1ccc(Cl)cc1. The van der Waals surface area contributed by atoms with Crippen molar-refractivity contribution in [1.82, 2.24) is 4.98 Å². The number of benzene rings is 1. The minimum absolute atomic E-state index is 0.208. The molecule has 1 unspecified atom stereocenters. The van der Waals surface area contributed by atoms with Gasteiger partial charge in [0.2, 0.25) is 0 Å². The van der Waals surface area contributed by atoms with E-state index in [0.717, 1.165) is 5.02 Å². The molecule has 0 aliphatic carbocycles. The van der Waals surface area contributed by atoms with Gasteiger partial charge in [-0.2, -0.15) is 0 Å². The van der Waals surface area contributed by atoms with Gasteiger partial charge in [0.05, 0.1) is 4.32 Å². The third kappa shape index (κ3) is 2.28. The van der Waals surface area contributed by atoms with Crippen LogP contribution in [-0.2, 0) is 4.32 Å². The fraction of sp³-hybridized carbons (Fsp3) is 0.154. The van der Waals surface area contributed by atoms with Gasteiger partial charge in [-0.05, 0) is 42.3 Å². The van der Waals surface area contributed by atoms with Crippen LogP contribution in [0.15, 0.2) is 48.8 Å². The van der Waals surface area contributed by atoms with E-state index in [1.807, 2.05) is 36.4 Å². The van der Waals surface area contributed by atoms with Gasteiger partial charge in [-0.3, -0.25) is 4.98 Å². The molecule has 0 radical (unpaired) electrons. The van der Waals surface area contributed by atoms with E-state index in [1.165, 1.54) is 11.1 Å². The van der Waals surface area contributed by atoms with Gasteiger partial charge in [-0.1, -0.05) is 39.7 Å². The van der Waals surface area contributed by atoms with Gasteiger partial charge in [0.25, 0.3) is 0 Å². The number of nitrogens with zero attached hydrogens (tertiary/aromatic N) is 1. The highest BCUT2D eigenvalue weighted by Crippen LogP contribution is 2.37. The molecular formula is C13H11BrClN. The topological polar surface area (TPSA) is 12.9 Å². The summed E-state index contributed by atoms with van der Waals surface area (Å²) >= 11 is 9.63. The standard InChI is InChI=1S/C13H11BrClN/c1-13(14,11-6-8-16-9-7-11)10-2-4-12(15)5-3-10/h2-9H,1H3. The van der Waals surface area contributed by atoms with Crippen LogP contribution in [0.3, 0.4) is 0 Å². The Labute approximate surface area is 109 Å². The Kier molecular flexibility index (Phi) is 3.31. The minimum Gasteiger partial charge on any atom is -0.265 e. The maximum atomic E-state index is 5.88. The van der Waals surface area contributed by atoms with Crippen molar-refractivity contribution in [2.45, 2.75) is 11.2 Å². The zero-order chi connectivity index (χ0) is 11.6. The molecule has 1 aromatic heterocycles. The van der Waals surface area contributed by atoms with Crippen LogP contribution >= 0.6 is 27.5 Å². The molecule has 0 saturated carbocycles. The summed E-state index contributed by atoms with van der Waals surface area (Å²) in [6.07, 6.45) is 3.59. The van der Waals surface area contributed by atoms with Crippen molar-refractivity contribution < 1.29 is 0 Å². The highest BCUT2D eigenvalue weighted by Gasteiger charge is 2.24. The Morgan fingerprint density at radius 1 is 1.00 bits per heavy atom. The lowest BCUT2D eigenvalue weighted by Gasteiger charge is -2.23. The lowest BCUT2D eigenvalue weighted by molar-refractivity contribution is 0.856. The first-order chi connectivity index (χ1) is 7.60. The average Bonchev–Trinajstić information content (AvgIpc) is 2.31. The average molecular weight is 297 g/mol. The zero-order valence-electron chi connectivity index (χ0n) is 8.82. The molecule has 82 valence electrons. The number of hydrogen-bond donors (Lipinski definition) is 0. The monoisotopic (exact) mass is 295 g/mol. The van der Waals surface area contributed by atoms with Crippen LogP contribution in [0.4, 0.5) is 0 Å². The highest BCUT2D eigenvalue weighted by atomic mass is 79.9. The maximum absolute atomic E-state index is 5.88. The number of hydrogen-bond acceptors (Lipinski definition) is 1. The molecule has 0 fully saturated rings. The lowest BCUT2D eigenvalue weighted by Crippen LogP contribution is -2.14. The summed E-state index contributed by atoms with van der Waals surface area (Å²) in [7, 11) is 0. The van der Waals surface area contributed by atoms with Crippen molar-refractivity contribution in [3.8, 4) is 0 Å². The predicted octanol–water partition coefficient (Wildman–Crippen LogP) is 4.39. The number of alkyl halides is 1. The molecule has 0 saturated heterocycles. The molecule has 1 atom stereocenters. The lowest BCUT2D eigenvalue weighted by atomic mass is 9.94. The Morgan fingerprint density at radius 2 is 1.50 bits per heavy atom. The Bertz CT molecular complexity index is 465. The molecule has 0 amide bonds. The normalized spacial score (nSPS) is 14.4. The summed E-state index contributed by atoms with van der Waals surface area (Å²) in [6, 6.07) is 11.9. The van der Waals surface area contributed by atoms with Crippen molar-refractivity contribution in [1.29, 1.82) is 0 Å². The van der Waals surface area contributed by atoms with E-state index in [4.69, 9.17) is 11.6 Å². The quantitative estimate of drug-likeness (QED) is 0.749. The Morgan fingerprint density at radius 3 is 2.06 bits per heavy atom. The van der Waals surface area contributed by atoms with Gasteiger partial charge in [0, 0.05) is 17.4 Å². The van der Waals surface area contributed by atoms with E-state index in [-0.39, 0.29) is 4.32 Å². The van der Waals surface area contributed by atoms with E-state index < -0.39 is 0 Å². The molecule has 16 heavy (non-hydrogen) atoms. The minimum atomic E-state index is -0.208. The van der Waals surface area contributed by atoms with Crippen molar-refractivity contribution in [2.75, 3.05) is 0 Å². The van der Waals surface area contributed by atoms with Crippen LogP contribution in [0.5, 0.6) is 0 Å². The molecule has 0 spiro atoms. The van der Waals surface area contributed by atoms with Gasteiger partial charge in [0.1, 0.15) is 0 Å². The molecule has 0 aliphatic rings. The number of halogens is 2. The first-order valence-corrected chi connectivity index (χ1v) is 6.13. The fourth-order valence-electron chi connectivity index (χ4n) is 1.59. The van der Waals surface area contributed by atoms with E-state index >= 15 is 0 Å². The van der Waals surface area contributed by atoms with Crippen molar-refractivity contribution in [3.05, 3.63) is 64.9 Å². The van der Waals surface area contributed by atoms with Crippen LogP contribution < -0.4 is 0 Å². The van der Waals surface area contributed by atoms with Gasteiger partial charge >= 0.3 is 0 Å². The van der Waals surface area contributed by atoms with Crippen molar-refractivity contribution in [2.24, 2.45) is 0 Å². The smallest absolute Gasteiger partial charge is 0.0727 e. The van der Waals surface area contributed by atoms with Crippen LogP contribution in [0, 0.1) is 0 Å².